The Labute approximate surface area is 377 Å². The first kappa shape index (κ1) is 38.8. The molecule has 0 N–H and O–H groups in total. The van der Waals surface area contributed by atoms with Crippen LogP contribution >= 0.6 is 0 Å². The standard InChI is InChI=1S/C59H40N6/c60-41-42-26-28-45(29-27-42)59-61-55(43-16-6-1-7-17-43)40-56(62-59)44-30-32-50(33-31-44)65-57-36-34-51(63(46-18-8-2-9-19-46)47-20-10-3-11-21-47)38-53(57)54-39-52(35-37-58(54)65)64(48-22-12-4-13-23-48)49-24-14-5-15-25-49/h1-40H. The van der Waals surface area contributed by atoms with E-state index < -0.39 is 0 Å². The van der Waals surface area contributed by atoms with Crippen molar-refractivity contribution in [1.29, 1.82) is 5.26 Å². The number of benzene rings is 9. The Morgan fingerprint density at radius 3 is 1.15 bits per heavy atom. The van der Waals surface area contributed by atoms with E-state index in [9.17, 15) is 5.26 Å². The molecule has 0 atom stereocenters. The van der Waals surface area contributed by atoms with Gasteiger partial charge in [-0.3, -0.25) is 0 Å². The molecule has 0 aliphatic carbocycles. The highest BCUT2D eigenvalue weighted by Crippen LogP contribution is 2.43. The molecule has 11 aromatic rings. The van der Waals surface area contributed by atoms with Crippen molar-refractivity contribution in [3.8, 4) is 45.7 Å². The lowest BCUT2D eigenvalue weighted by Gasteiger charge is -2.26. The van der Waals surface area contributed by atoms with Crippen molar-refractivity contribution in [2.75, 3.05) is 9.80 Å². The van der Waals surface area contributed by atoms with Crippen LogP contribution in [0.4, 0.5) is 34.1 Å². The summed E-state index contributed by atoms with van der Waals surface area (Å²) in [5.41, 5.74) is 14.7. The van der Waals surface area contributed by atoms with Gasteiger partial charge in [-0.25, -0.2) is 9.97 Å². The van der Waals surface area contributed by atoms with Crippen molar-refractivity contribution in [3.05, 3.63) is 248 Å². The fraction of sp³-hybridized carbons (Fsp3) is 0. The lowest BCUT2D eigenvalue weighted by Crippen LogP contribution is -2.09. The van der Waals surface area contributed by atoms with Crippen molar-refractivity contribution < 1.29 is 0 Å². The zero-order chi connectivity index (χ0) is 43.5. The van der Waals surface area contributed by atoms with Gasteiger partial charge in [-0.15, -0.1) is 0 Å². The Morgan fingerprint density at radius 2 is 0.738 bits per heavy atom. The van der Waals surface area contributed by atoms with Gasteiger partial charge in [0.25, 0.3) is 0 Å². The minimum absolute atomic E-state index is 0.593. The Morgan fingerprint density at radius 1 is 0.354 bits per heavy atom. The summed E-state index contributed by atoms with van der Waals surface area (Å²) >= 11 is 0. The molecule has 0 unspecified atom stereocenters. The van der Waals surface area contributed by atoms with E-state index >= 15 is 0 Å². The van der Waals surface area contributed by atoms with Crippen molar-refractivity contribution in [2.24, 2.45) is 0 Å². The molecule has 2 heterocycles. The highest BCUT2D eigenvalue weighted by molar-refractivity contribution is 6.12. The monoisotopic (exact) mass is 832 g/mol. The summed E-state index contributed by atoms with van der Waals surface area (Å²) in [5, 5.41) is 11.7. The van der Waals surface area contributed by atoms with Gasteiger partial charge in [0, 0.05) is 67.3 Å². The molecular weight excluding hydrogens is 793 g/mol. The van der Waals surface area contributed by atoms with Gasteiger partial charge in [-0.05, 0) is 127 Å². The third-order valence-corrected chi connectivity index (χ3v) is 11.8. The molecule has 9 aromatic carbocycles. The maximum absolute atomic E-state index is 9.45. The molecule has 6 nitrogen and oxygen atoms in total. The highest BCUT2D eigenvalue weighted by Gasteiger charge is 2.20. The number of nitriles is 1. The van der Waals surface area contributed by atoms with Gasteiger partial charge in [0.2, 0.25) is 0 Å². The molecule has 65 heavy (non-hydrogen) atoms. The molecule has 11 rings (SSSR count). The van der Waals surface area contributed by atoms with E-state index in [1.807, 2.05) is 42.5 Å². The van der Waals surface area contributed by atoms with Crippen LogP contribution in [0.2, 0.25) is 0 Å². The molecule has 0 amide bonds. The van der Waals surface area contributed by atoms with Gasteiger partial charge in [0.1, 0.15) is 0 Å². The van der Waals surface area contributed by atoms with E-state index in [4.69, 9.17) is 9.97 Å². The number of nitrogens with zero attached hydrogens (tertiary/aromatic N) is 6. The first-order valence-corrected chi connectivity index (χ1v) is 21.6. The van der Waals surface area contributed by atoms with Crippen molar-refractivity contribution in [2.45, 2.75) is 0 Å². The first-order chi connectivity index (χ1) is 32.2. The molecule has 6 heteroatoms. The predicted octanol–water partition coefficient (Wildman–Crippen LogP) is 15.4. The van der Waals surface area contributed by atoms with Crippen molar-refractivity contribution in [3.63, 3.8) is 0 Å². The smallest absolute Gasteiger partial charge is 0.160 e. The quantitative estimate of drug-likeness (QED) is 0.137. The molecule has 2 aromatic heterocycles. The van der Waals surface area contributed by atoms with Crippen LogP contribution in [0.5, 0.6) is 0 Å². The number of hydrogen-bond acceptors (Lipinski definition) is 5. The topological polar surface area (TPSA) is 61.0 Å². The van der Waals surface area contributed by atoms with Gasteiger partial charge in [0.05, 0.1) is 34.1 Å². The second-order valence-electron chi connectivity index (χ2n) is 15.8. The van der Waals surface area contributed by atoms with E-state index in [1.165, 1.54) is 0 Å². The molecule has 0 fully saturated rings. The van der Waals surface area contributed by atoms with Gasteiger partial charge in [-0.1, -0.05) is 115 Å². The maximum atomic E-state index is 9.45. The van der Waals surface area contributed by atoms with E-state index in [1.54, 1.807) is 0 Å². The third kappa shape index (κ3) is 7.54. The summed E-state index contributed by atoms with van der Waals surface area (Å²) in [5.74, 6) is 0.601. The van der Waals surface area contributed by atoms with Crippen LogP contribution in [0.1, 0.15) is 5.56 Å². The Balaban J connectivity index is 1.08. The predicted molar refractivity (Wildman–Crippen MR) is 267 cm³/mol. The van der Waals surface area contributed by atoms with Gasteiger partial charge >= 0.3 is 0 Å². The minimum atomic E-state index is 0.593. The average Bonchev–Trinajstić information content (AvgIpc) is 3.71. The second-order valence-corrected chi connectivity index (χ2v) is 15.8. The first-order valence-electron chi connectivity index (χ1n) is 21.6. The van der Waals surface area contributed by atoms with Crippen LogP contribution in [0, 0.1) is 11.3 Å². The summed E-state index contributed by atoms with van der Waals surface area (Å²) in [6, 6.07) is 86.4. The van der Waals surface area contributed by atoms with Crippen LogP contribution < -0.4 is 9.80 Å². The Bertz CT molecular complexity index is 3240. The average molecular weight is 833 g/mol. The van der Waals surface area contributed by atoms with Crippen LogP contribution in [-0.4, -0.2) is 14.5 Å². The zero-order valence-corrected chi connectivity index (χ0v) is 35.3. The van der Waals surface area contributed by atoms with E-state index in [2.05, 4.69) is 221 Å². The lowest BCUT2D eigenvalue weighted by atomic mass is 10.1. The van der Waals surface area contributed by atoms with Crippen LogP contribution in [-0.2, 0) is 0 Å². The largest absolute Gasteiger partial charge is 0.310 e. The van der Waals surface area contributed by atoms with Gasteiger partial charge in [-0.2, -0.15) is 5.26 Å². The van der Waals surface area contributed by atoms with Crippen LogP contribution in [0.25, 0.3) is 61.4 Å². The molecule has 0 aliphatic heterocycles. The molecule has 0 saturated heterocycles. The molecule has 0 spiro atoms. The molecular formula is C59H40N6. The third-order valence-electron chi connectivity index (χ3n) is 11.8. The van der Waals surface area contributed by atoms with Crippen molar-refractivity contribution in [1.82, 2.24) is 14.5 Å². The molecule has 306 valence electrons. The summed E-state index contributed by atoms with van der Waals surface area (Å²) in [4.78, 5) is 14.7. The number of rotatable bonds is 10. The Kier molecular flexibility index (Phi) is 10.2. The number of aromatic nitrogens is 3. The van der Waals surface area contributed by atoms with Gasteiger partial charge in [0.15, 0.2) is 5.82 Å². The molecule has 0 saturated carbocycles. The van der Waals surface area contributed by atoms with Crippen LogP contribution in [0.3, 0.4) is 0 Å². The number of anilines is 6. The van der Waals surface area contributed by atoms with Gasteiger partial charge < -0.3 is 14.4 Å². The molecule has 0 bridgehead atoms. The Hall–Kier alpha value is -9.05. The van der Waals surface area contributed by atoms with Crippen LogP contribution in [0.15, 0.2) is 243 Å². The summed E-state index contributed by atoms with van der Waals surface area (Å²) < 4.78 is 2.37. The van der Waals surface area contributed by atoms with Crippen molar-refractivity contribution >= 4 is 55.9 Å². The summed E-state index contributed by atoms with van der Waals surface area (Å²) in [6.45, 7) is 0. The van der Waals surface area contributed by atoms with E-state index in [0.29, 0.717) is 11.4 Å². The highest BCUT2D eigenvalue weighted by atomic mass is 15.1. The minimum Gasteiger partial charge on any atom is -0.310 e. The fourth-order valence-corrected chi connectivity index (χ4v) is 8.71. The zero-order valence-electron chi connectivity index (χ0n) is 35.3. The maximum Gasteiger partial charge on any atom is 0.160 e. The summed E-state index contributed by atoms with van der Waals surface area (Å²) in [6.07, 6.45) is 0. The molecule has 0 aliphatic rings. The lowest BCUT2D eigenvalue weighted by molar-refractivity contribution is 1.17. The van der Waals surface area contributed by atoms with E-state index in [0.717, 1.165) is 89.7 Å². The SMILES string of the molecule is N#Cc1ccc(-c2nc(-c3ccccc3)cc(-c3ccc(-n4c5ccc(N(c6ccccc6)c6ccccc6)cc5c5cc(N(c6ccccc6)c6ccccc6)ccc54)cc3)n2)cc1. The number of para-hydroxylation sites is 4. The number of fused-ring (bicyclic) bond motifs is 3. The molecule has 0 radical (unpaired) electrons. The second kappa shape index (κ2) is 17.0. The van der Waals surface area contributed by atoms with E-state index in [-0.39, 0.29) is 0 Å². The fourth-order valence-electron chi connectivity index (χ4n) is 8.71. The number of hydrogen-bond donors (Lipinski definition) is 0. The normalized spacial score (nSPS) is 11.1. The summed E-state index contributed by atoms with van der Waals surface area (Å²) in [7, 11) is 0.